The quantitative estimate of drug-likeness (QED) is 0.510. The number of hydrogen-bond donors (Lipinski definition) is 1. The number of anilines is 1. The summed E-state index contributed by atoms with van der Waals surface area (Å²) in [5, 5.41) is 2.48. The zero-order chi connectivity index (χ0) is 19.5. The Morgan fingerprint density at radius 1 is 0.893 bits per heavy atom. The minimum atomic E-state index is -0.907. The van der Waals surface area contributed by atoms with E-state index in [1.54, 1.807) is 30.3 Å². The van der Waals surface area contributed by atoms with Gasteiger partial charge in [-0.2, -0.15) is 0 Å². The van der Waals surface area contributed by atoms with Gasteiger partial charge in [0.25, 0.3) is 5.91 Å². The zero-order valence-corrected chi connectivity index (χ0v) is 14.5. The molecule has 0 aliphatic rings. The fourth-order valence-corrected chi connectivity index (χ4v) is 2.71. The van der Waals surface area contributed by atoms with Crippen LogP contribution in [0.3, 0.4) is 0 Å². The maximum Gasteiger partial charge on any atom is 0.261 e. The molecule has 1 N–H and O–H groups in total. The van der Waals surface area contributed by atoms with Gasteiger partial charge < -0.3 is 9.73 Å². The lowest BCUT2D eigenvalue weighted by Crippen LogP contribution is -2.15. The summed E-state index contributed by atoms with van der Waals surface area (Å²) in [6.45, 7) is 0. The summed E-state index contributed by atoms with van der Waals surface area (Å²) in [6.07, 6.45) is 3.55. The first kappa shape index (κ1) is 17.6. The van der Waals surface area contributed by atoms with Crippen molar-refractivity contribution in [3.63, 3.8) is 0 Å². The van der Waals surface area contributed by atoms with E-state index < -0.39 is 23.1 Å². The van der Waals surface area contributed by atoms with E-state index in [9.17, 15) is 13.6 Å². The first-order chi connectivity index (χ1) is 13.6. The molecule has 4 rings (SSSR count). The van der Waals surface area contributed by atoms with Crippen LogP contribution in [0.4, 0.5) is 14.5 Å². The van der Waals surface area contributed by atoms with Crippen LogP contribution in [-0.2, 0) is 0 Å². The summed E-state index contributed by atoms with van der Waals surface area (Å²) in [6, 6.07) is 17.6. The van der Waals surface area contributed by atoms with Gasteiger partial charge in [0.15, 0.2) is 5.58 Å². The van der Waals surface area contributed by atoms with E-state index in [1.807, 2.05) is 30.3 Å². The van der Waals surface area contributed by atoms with Gasteiger partial charge in [0, 0.05) is 11.8 Å². The SMILES string of the molecule is O=C(Nc1ccc(C=Cc2nc3ccccc3o2)cc1)c1c(F)cccc1F. The van der Waals surface area contributed by atoms with E-state index in [2.05, 4.69) is 10.3 Å². The Balaban J connectivity index is 1.47. The highest BCUT2D eigenvalue weighted by Crippen LogP contribution is 2.19. The van der Waals surface area contributed by atoms with Crippen molar-refractivity contribution in [2.24, 2.45) is 0 Å². The Bertz CT molecular complexity index is 1130. The van der Waals surface area contributed by atoms with E-state index in [4.69, 9.17) is 4.42 Å². The molecular formula is C22H14F2N2O2. The topological polar surface area (TPSA) is 55.1 Å². The average Bonchev–Trinajstić information content (AvgIpc) is 3.10. The number of benzene rings is 3. The third kappa shape index (κ3) is 3.66. The summed E-state index contributed by atoms with van der Waals surface area (Å²) in [7, 11) is 0. The molecular weight excluding hydrogens is 362 g/mol. The molecule has 138 valence electrons. The Morgan fingerprint density at radius 3 is 2.32 bits per heavy atom. The van der Waals surface area contributed by atoms with E-state index in [1.165, 1.54) is 6.07 Å². The second-order valence-corrected chi connectivity index (χ2v) is 6.03. The number of para-hydroxylation sites is 2. The van der Waals surface area contributed by atoms with Gasteiger partial charge in [-0.1, -0.05) is 30.3 Å². The first-order valence-corrected chi connectivity index (χ1v) is 8.49. The van der Waals surface area contributed by atoms with Crippen molar-refractivity contribution >= 4 is 34.8 Å². The van der Waals surface area contributed by atoms with Gasteiger partial charge in [-0.15, -0.1) is 0 Å². The molecule has 1 aromatic heterocycles. The molecule has 3 aromatic carbocycles. The Kier molecular flexibility index (Phi) is 4.68. The smallest absolute Gasteiger partial charge is 0.261 e. The van der Waals surface area contributed by atoms with E-state index in [-0.39, 0.29) is 0 Å². The number of carbonyl (C=O) groups is 1. The Morgan fingerprint density at radius 2 is 1.61 bits per heavy atom. The second-order valence-electron chi connectivity index (χ2n) is 6.03. The van der Waals surface area contributed by atoms with Gasteiger partial charge in [-0.3, -0.25) is 4.79 Å². The molecule has 0 fully saturated rings. The van der Waals surface area contributed by atoms with Crippen LogP contribution in [-0.4, -0.2) is 10.9 Å². The molecule has 0 saturated heterocycles. The number of oxazole rings is 1. The number of rotatable bonds is 4. The summed E-state index contributed by atoms with van der Waals surface area (Å²) in [5.74, 6) is -2.18. The molecule has 6 heteroatoms. The van der Waals surface area contributed by atoms with E-state index >= 15 is 0 Å². The van der Waals surface area contributed by atoms with Gasteiger partial charge in [0.05, 0.1) is 0 Å². The minimum absolute atomic E-state index is 0.423. The molecule has 0 unspecified atom stereocenters. The van der Waals surface area contributed by atoms with Crippen LogP contribution in [0, 0.1) is 11.6 Å². The molecule has 0 aliphatic carbocycles. The maximum atomic E-state index is 13.7. The zero-order valence-electron chi connectivity index (χ0n) is 14.5. The fraction of sp³-hybridized carbons (Fsp3) is 0. The summed E-state index contributed by atoms with van der Waals surface area (Å²) < 4.78 is 33.0. The molecule has 0 spiro atoms. The monoisotopic (exact) mass is 376 g/mol. The van der Waals surface area contributed by atoms with E-state index in [0.717, 1.165) is 23.2 Å². The number of halogens is 2. The van der Waals surface area contributed by atoms with Crippen LogP contribution in [0.15, 0.2) is 71.1 Å². The predicted molar refractivity (Wildman–Crippen MR) is 104 cm³/mol. The molecule has 0 atom stereocenters. The summed E-state index contributed by atoms with van der Waals surface area (Å²) >= 11 is 0. The van der Waals surface area contributed by atoms with Crippen LogP contribution in [0.1, 0.15) is 21.8 Å². The average molecular weight is 376 g/mol. The lowest BCUT2D eigenvalue weighted by molar-refractivity contribution is 0.101. The predicted octanol–water partition coefficient (Wildman–Crippen LogP) is 5.53. The molecule has 4 aromatic rings. The van der Waals surface area contributed by atoms with Crippen LogP contribution >= 0.6 is 0 Å². The van der Waals surface area contributed by atoms with Crippen molar-refractivity contribution in [3.05, 3.63) is 95.4 Å². The molecule has 1 amide bonds. The number of amides is 1. The minimum Gasteiger partial charge on any atom is -0.437 e. The Hall–Kier alpha value is -3.80. The molecule has 0 radical (unpaired) electrons. The van der Waals surface area contributed by atoms with E-state index in [0.29, 0.717) is 17.2 Å². The molecule has 0 bridgehead atoms. The van der Waals surface area contributed by atoms with Gasteiger partial charge in [0.1, 0.15) is 22.7 Å². The van der Waals surface area contributed by atoms with Gasteiger partial charge in [-0.05, 0) is 48.0 Å². The van der Waals surface area contributed by atoms with Crippen LogP contribution in [0.25, 0.3) is 23.3 Å². The van der Waals surface area contributed by atoms with Crippen molar-refractivity contribution in [2.75, 3.05) is 5.32 Å². The molecule has 0 saturated carbocycles. The normalized spacial score (nSPS) is 11.2. The molecule has 1 heterocycles. The fourth-order valence-electron chi connectivity index (χ4n) is 2.71. The van der Waals surface area contributed by atoms with Gasteiger partial charge in [0.2, 0.25) is 5.89 Å². The maximum absolute atomic E-state index is 13.7. The van der Waals surface area contributed by atoms with Gasteiger partial charge >= 0.3 is 0 Å². The Labute approximate surface area is 159 Å². The van der Waals surface area contributed by atoms with Crippen LogP contribution in [0.5, 0.6) is 0 Å². The highest BCUT2D eigenvalue weighted by molar-refractivity contribution is 6.04. The standard InChI is InChI=1S/C22H14F2N2O2/c23-16-4-3-5-17(24)21(16)22(27)25-15-11-8-14(9-12-15)10-13-20-26-18-6-1-2-7-19(18)28-20/h1-13H,(H,25,27). The first-order valence-electron chi connectivity index (χ1n) is 8.49. The number of hydrogen-bond acceptors (Lipinski definition) is 3. The third-order valence-electron chi connectivity index (χ3n) is 4.09. The van der Waals surface area contributed by atoms with Crippen molar-refractivity contribution in [3.8, 4) is 0 Å². The molecule has 0 aliphatic heterocycles. The largest absolute Gasteiger partial charge is 0.437 e. The highest BCUT2D eigenvalue weighted by Gasteiger charge is 2.16. The van der Waals surface area contributed by atoms with Crippen LogP contribution < -0.4 is 5.32 Å². The number of fused-ring (bicyclic) bond motifs is 1. The lowest BCUT2D eigenvalue weighted by Gasteiger charge is -2.07. The van der Waals surface area contributed by atoms with Crippen molar-refractivity contribution in [2.45, 2.75) is 0 Å². The van der Waals surface area contributed by atoms with Crippen molar-refractivity contribution in [1.82, 2.24) is 4.98 Å². The second kappa shape index (κ2) is 7.44. The van der Waals surface area contributed by atoms with Crippen molar-refractivity contribution < 1.29 is 18.0 Å². The molecule has 4 nitrogen and oxygen atoms in total. The molecule has 28 heavy (non-hydrogen) atoms. The van der Waals surface area contributed by atoms with Crippen molar-refractivity contribution in [1.29, 1.82) is 0 Å². The highest BCUT2D eigenvalue weighted by atomic mass is 19.1. The number of carbonyl (C=O) groups excluding carboxylic acids is 1. The lowest BCUT2D eigenvalue weighted by atomic mass is 10.1. The summed E-state index contributed by atoms with van der Waals surface area (Å²) in [4.78, 5) is 16.5. The van der Waals surface area contributed by atoms with Gasteiger partial charge in [-0.25, -0.2) is 13.8 Å². The van der Waals surface area contributed by atoms with Crippen LogP contribution in [0.2, 0.25) is 0 Å². The number of nitrogens with zero attached hydrogens (tertiary/aromatic N) is 1. The summed E-state index contributed by atoms with van der Waals surface area (Å²) in [5.41, 5.74) is 2.15. The number of aromatic nitrogens is 1. The number of nitrogens with one attached hydrogen (secondary N) is 1. The third-order valence-corrected chi connectivity index (χ3v) is 4.09.